The molecular formula is C17H14N4O6. The van der Waals surface area contributed by atoms with Crippen molar-refractivity contribution in [2.24, 2.45) is 10.2 Å². The molecule has 0 unspecified atom stereocenters. The Balaban J connectivity index is 2.57. The van der Waals surface area contributed by atoms with E-state index in [9.17, 15) is 19.5 Å². The molecule has 27 heavy (non-hydrogen) atoms. The number of azo groups is 1. The zero-order valence-corrected chi connectivity index (χ0v) is 14.6. The SMILES string of the molecule is COC(=O)c1cc(N=Nc2c(C)c(C#N)c(O)[nH]c2=O)cc(C(=O)OC)c1. The third kappa shape index (κ3) is 3.98. The van der Waals surface area contributed by atoms with Gasteiger partial charge in [0.05, 0.1) is 31.0 Å². The monoisotopic (exact) mass is 370 g/mol. The van der Waals surface area contributed by atoms with E-state index in [-0.39, 0.29) is 33.6 Å². The van der Waals surface area contributed by atoms with E-state index >= 15 is 0 Å². The van der Waals surface area contributed by atoms with Gasteiger partial charge in [0.25, 0.3) is 5.56 Å². The molecule has 138 valence electrons. The number of esters is 2. The first-order valence-corrected chi connectivity index (χ1v) is 7.41. The summed E-state index contributed by atoms with van der Waals surface area (Å²) in [5.74, 6) is -1.98. The summed E-state index contributed by atoms with van der Waals surface area (Å²) < 4.78 is 9.24. The predicted molar refractivity (Wildman–Crippen MR) is 91.5 cm³/mol. The van der Waals surface area contributed by atoms with Gasteiger partial charge in [0.15, 0.2) is 5.69 Å². The van der Waals surface area contributed by atoms with Crippen LogP contribution >= 0.6 is 0 Å². The lowest BCUT2D eigenvalue weighted by atomic mass is 10.1. The number of carbonyl (C=O) groups is 2. The highest BCUT2D eigenvalue weighted by Gasteiger charge is 2.16. The molecule has 2 rings (SSSR count). The smallest absolute Gasteiger partial charge is 0.337 e. The molecule has 0 aliphatic heterocycles. The number of nitriles is 1. The van der Waals surface area contributed by atoms with Crippen LogP contribution in [0.2, 0.25) is 0 Å². The third-order valence-corrected chi connectivity index (χ3v) is 3.55. The van der Waals surface area contributed by atoms with Gasteiger partial charge in [-0.05, 0) is 25.1 Å². The first-order chi connectivity index (χ1) is 12.8. The number of nitrogens with one attached hydrogen (secondary N) is 1. The number of aromatic amines is 1. The van der Waals surface area contributed by atoms with E-state index in [0.29, 0.717) is 0 Å². The molecule has 0 saturated carbocycles. The summed E-state index contributed by atoms with van der Waals surface area (Å²) in [5.41, 5.74) is -0.852. The minimum Gasteiger partial charge on any atom is -0.494 e. The average molecular weight is 370 g/mol. The normalized spacial score (nSPS) is 10.4. The maximum absolute atomic E-state index is 12.0. The average Bonchev–Trinajstić information content (AvgIpc) is 2.66. The predicted octanol–water partition coefficient (Wildman–Crippen LogP) is 2.25. The molecule has 0 bridgehead atoms. The van der Waals surface area contributed by atoms with Crippen molar-refractivity contribution in [3.05, 3.63) is 50.8 Å². The highest BCUT2D eigenvalue weighted by atomic mass is 16.5. The molecule has 10 heteroatoms. The zero-order chi connectivity index (χ0) is 20.1. The van der Waals surface area contributed by atoms with Gasteiger partial charge in [-0.2, -0.15) is 10.4 Å². The molecule has 1 heterocycles. The van der Waals surface area contributed by atoms with Gasteiger partial charge < -0.3 is 14.6 Å². The highest BCUT2D eigenvalue weighted by Crippen LogP contribution is 2.26. The van der Waals surface area contributed by atoms with Crippen molar-refractivity contribution in [3.8, 4) is 11.9 Å². The summed E-state index contributed by atoms with van der Waals surface area (Å²) in [7, 11) is 2.36. The van der Waals surface area contributed by atoms with Gasteiger partial charge in [0.2, 0.25) is 5.88 Å². The van der Waals surface area contributed by atoms with Gasteiger partial charge >= 0.3 is 11.9 Å². The van der Waals surface area contributed by atoms with Crippen LogP contribution in [-0.4, -0.2) is 36.2 Å². The number of ether oxygens (including phenoxy) is 2. The number of pyridine rings is 1. The van der Waals surface area contributed by atoms with Crippen molar-refractivity contribution in [2.75, 3.05) is 14.2 Å². The second-order valence-electron chi connectivity index (χ2n) is 5.21. The zero-order valence-electron chi connectivity index (χ0n) is 14.6. The van der Waals surface area contributed by atoms with Crippen LogP contribution in [-0.2, 0) is 9.47 Å². The largest absolute Gasteiger partial charge is 0.494 e. The maximum Gasteiger partial charge on any atom is 0.337 e. The van der Waals surface area contributed by atoms with Gasteiger partial charge in [-0.25, -0.2) is 9.59 Å². The molecule has 0 amide bonds. The number of hydrogen-bond donors (Lipinski definition) is 2. The molecule has 1 aromatic carbocycles. The van der Waals surface area contributed by atoms with E-state index in [0.717, 1.165) is 0 Å². The summed E-state index contributed by atoms with van der Waals surface area (Å²) in [5, 5.41) is 26.3. The van der Waals surface area contributed by atoms with Crippen LogP contribution in [0, 0.1) is 18.3 Å². The lowest BCUT2D eigenvalue weighted by molar-refractivity contribution is 0.0599. The van der Waals surface area contributed by atoms with E-state index in [4.69, 9.17) is 5.26 Å². The molecule has 0 spiro atoms. The van der Waals surface area contributed by atoms with Gasteiger partial charge in [0, 0.05) is 5.56 Å². The number of nitrogens with zero attached hydrogens (tertiary/aromatic N) is 3. The number of methoxy groups -OCH3 is 2. The lowest BCUT2D eigenvalue weighted by Gasteiger charge is -2.05. The number of carbonyl (C=O) groups excluding carboxylic acids is 2. The van der Waals surface area contributed by atoms with Crippen molar-refractivity contribution >= 4 is 23.3 Å². The molecule has 1 aromatic heterocycles. The summed E-state index contributed by atoms with van der Waals surface area (Å²) in [6.45, 7) is 1.42. The van der Waals surface area contributed by atoms with Crippen LogP contribution in [0.3, 0.4) is 0 Å². The number of aromatic nitrogens is 1. The summed E-state index contributed by atoms with van der Waals surface area (Å²) in [6.07, 6.45) is 0. The van der Waals surface area contributed by atoms with Crippen LogP contribution in [0.25, 0.3) is 0 Å². The molecule has 10 nitrogen and oxygen atoms in total. The Morgan fingerprint density at radius 3 is 2.15 bits per heavy atom. The summed E-state index contributed by atoms with van der Waals surface area (Å²) in [6, 6.07) is 5.62. The van der Waals surface area contributed by atoms with Gasteiger partial charge in [-0.15, -0.1) is 5.11 Å². The Labute approximate surface area is 152 Å². The van der Waals surface area contributed by atoms with Gasteiger partial charge in [-0.3, -0.25) is 9.78 Å². The van der Waals surface area contributed by atoms with E-state index in [1.54, 1.807) is 6.07 Å². The van der Waals surface area contributed by atoms with Crippen molar-refractivity contribution in [1.29, 1.82) is 5.26 Å². The molecule has 2 aromatic rings. The van der Waals surface area contributed by atoms with Gasteiger partial charge in [-0.1, -0.05) is 0 Å². The Bertz CT molecular complexity index is 1010. The molecule has 0 saturated heterocycles. The lowest BCUT2D eigenvalue weighted by Crippen LogP contribution is -2.08. The summed E-state index contributed by atoms with van der Waals surface area (Å²) in [4.78, 5) is 37.6. The molecule has 0 fully saturated rings. The van der Waals surface area contributed by atoms with Crippen molar-refractivity contribution < 1.29 is 24.2 Å². The fourth-order valence-electron chi connectivity index (χ4n) is 2.20. The summed E-state index contributed by atoms with van der Waals surface area (Å²) >= 11 is 0. The fourth-order valence-corrected chi connectivity index (χ4v) is 2.20. The number of rotatable bonds is 4. The number of aromatic hydroxyl groups is 1. The Morgan fingerprint density at radius 1 is 1.11 bits per heavy atom. The van der Waals surface area contributed by atoms with Crippen LogP contribution < -0.4 is 5.56 Å². The Morgan fingerprint density at radius 2 is 1.67 bits per heavy atom. The number of H-pyrrole nitrogens is 1. The molecule has 0 atom stereocenters. The van der Waals surface area contributed by atoms with Crippen LogP contribution in [0.1, 0.15) is 31.8 Å². The van der Waals surface area contributed by atoms with E-state index in [2.05, 4.69) is 24.7 Å². The minimum atomic E-state index is -0.759. The van der Waals surface area contributed by atoms with E-state index in [1.165, 1.54) is 39.3 Å². The highest BCUT2D eigenvalue weighted by molar-refractivity contribution is 5.96. The fraction of sp³-hybridized carbons (Fsp3) is 0.176. The quantitative estimate of drug-likeness (QED) is 0.618. The van der Waals surface area contributed by atoms with Gasteiger partial charge in [0.1, 0.15) is 11.6 Å². The minimum absolute atomic E-state index is 0.0309. The molecule has 0 aliphatic carbocycles. The standard InChI is InChI=1S/C17H14N4O6/c1-8-12(7-18)14(22)19-15(23)13(8)21-20-11-5-9(16(24)26-2)4-10(6-11)17(25)27-3/h4-6H,1-3H3,(H2,19,22,23). The van der Waals surface area contributed by atoms with Crippen LogP contribution in [0.5, 0.6) is 5.88 Å². The second-order valence-corrected chi connectivity index (χ2v) is 5.21. The number of hydrogen-bond acceptors (Lipinski definition) is 9. The molecule has 0 radical (unpaired) electrons. The number of benzene rings is 1. The van der Waals surface area contributed by atoms with Crippen molar-refractivity contribution in [3.63, 3.8) is 0 Å². The first kappa shape index (κ1) is 19.3. The van der Waals surface area contributed by atoms with E-state index in [1.807, 2.05) is 0 Å². The third-order valence-electron chi connectivity index (χ3n) is 3.55. The molecular weight excluding hydrogens is 356 g/mol. The van der Waals surface area contributed by atoms with Crippen LogP contribution in [0.4, 0.5) is 11.4 Å². The Kier molecular flexibility index (Phi) is 5.67. The van der Waals surface area contributed by atoms with Crippen molar-refractivity contribution in [1.82, 2.24) is 4.98 Å². The van der Waals surface area contributed by atoms with Crippen LogP contribution in [0.15, 0.2) is 33.2 Å². The van der Waals surface area contributed by atoms with E-state index < -0.39 is 23.4 Å². The topological polar surface area (TPSA) is 154 Å². The molecule has 0 aliphatic rings. The maximum atomic E-state index is 12.0. The molecule has 2 N–H and O–H groups in total. The second kappa shape index (κ2) is 7.92. The van der Waals surface area contributed by atoms with Crippen molar-refractivity contribution in [2.45, 2.75) is 6.92 Å². The first-order valence-electron chi connectivity index (χ1n) is 7.41. The Hall–Kier alpha value is -4.00.